The summed E-state index contributed by atoms with van der Waals surface area (Å²) in [5.74, 6) is -1.60. The Labute approximate surface area is 69.3 Å². The summed E-state index contributed by atoms with van der Waals surface area (Å²) in [6.07, 6.45) is 1.56. The van der Waals surface area contributed by atoms with Crippen molar-refractivity contribution >= 4 is 36.3 Å². The quantitative estimate of drug-likeness (QED) is 0.461. The average molecular weight is 186 g/mol. The highest BCUT2D eigenvalue weighted by molar-refractivity contribution is 7.94. The van der Waals surface area contributed by atoms with Crippen molar-refractivity contribution in [2.24, 2.45) is 0 Å². The van der Waals surface area contributed by atoms with Gasteiger partial charge < -0.3 is 9.50 Å². The van der Waals surface area contributed by atoms with Crippen LogP contribution in [0.3, 0.4) is 0 Å². The highest BCUT2D eigenvalue weighted by atomic mass is 35.5. The maximum atomic E-state index is 10.3. The number of amides is 1. The molecule has 0 aromatic rings. The lowest BCUT2D eigenvalue weighted by atomic mass is 10.6. The second-order valence-electron chi connectivity index (χ2n) is 1.12. The zero-order valence-corrected chi connectivity index (χ0v) is 7.17. The molecule has 0 aliphatic carbocycles. The van der Waals surface area contributed by atoms with Gasteiger partial charge in [-0.2, -0.15) is 0 Å². The van der Waals surface area contributed by atoms with Crippen LogP contribution in [0, 0.1) is 0 Å². The second-order valence-corrected chi connectivity index (χ2v) is 1.62. The molecule has 1 N–H and O–H groups in total. The van der Waals surface area contributed by atoms with E-state index in [0.29, 0.717) is 0 Å². The molecule has 4 nitrogen and oxygen atoms in total. The third kappa shape index (κ3) is 4.46. The number of nitrogens with one attached hydrogen (secondary N) is 1. The summed E-state index contributed by atoms with van der Waals surface area (Å²) in [6, 6.07) is 0. The predicted octanol–water partition coefficient (Wildman–Crippen LogP) is -0.0246. The molecule has 6 heteroatoms. The van der Waals surface area contributed by atoms with E-state index in [9.17, 15) is 9.59 Å². The fourth-order valence-electron chi connectivity index (χ4n) is 0.216. The summed E-state index contributed by atoms with van der Waals surface area (Å²) in [7, 11) is 1.36. The Morgan fingerprint density at radius 2 is 2.00 bits per heavy atom. The van der Waals surface area contributed by atoms with Crippen LogP contribution >= 0.6 is 24.4 Å². The summed E-state index contributed by atoms with van der Waals surface area (Å²) < 4.78 is 4.26. The third-order valence-electron chi connectivity index (χ3n) is 0.571. The number of likely N-dealkylation sites (N-methyl/N-ethyl adjacent to an activating group) is 1. The Hall–Kier alpha value is -0.420. The minimum atomic E-state index is -0.870. The molecule has 0 heterocycles. The van der Waals surface area contributed by atoms with Crippen molar-refractivity contribution in [2.75, 3.05) is 13.3 Å². The van der Waals surface area contributed by atoms with E-state index in [2.05, 4.69) is 9.50 Å². The zero-order chi connectivity index (χ0) is 7.28. The molecule has 0 saturated carbocycles. The number of hydrogen-bond donors (Lipinski definition) is 1. The second kappa shape index (κ2) is 6.70. The van der Waals surface area contributed by atoms with Gasteiger partial charge in [-0.3, -0.25) is 4.79 Å². The van der Waals surface area contributed by atoms with Gasteiger partial charge in [-0.15, -0.1) is 12.4 Å². The Kier molecular flexibility index (Phi) is 8.22. The van der Waals surface area contributed by atoms with Crippen LogP contribution in [-0.4, -0.2) is 25.2 Å². The third-order valence-corrected chi connectivity index (χ3v) is 0.890. The molecular weight excluding hydrogens is 178 g/mol. The summed E-state index contributed by atoms with van der Waals surface area (Å²) in [5.41, 5.74) is 0. The SMILES string of the molecule is CNC(=O)C(=O)OSC.Cl. The van der Waals surface area contributed by atoms with Gasteiger partial charge in [0, 0.05) is 13.3 Å². The largest absolute Gasteiger partial charge is 0.408 e. The lowest BCUT2D eigenvalue weighted by Gasteiger charge is -1.95. The molecule has 0 atom stereocenters. The van der Waals surface area contributed by atoms with E-state index in [0.717, 1.165) is 12.0 Å². The van der Waals surface area contributed by atoms with Crippen molar-refractivity contribution in [2.45, 2.75) is 0 Å². The first-order valence-corrected chi connectivity index (χ1v) is 3.34. The smallest absolute Gasteiger partial charge is 0.384 e. The van der Waals surface area contributed by atoms with E-state index >= 15 is 0 Å². The van der Waals surface area contributed by atoms with Gasteiger partial charge in [0.05, 0.1) is 12.0 Å². The molecule has 0 saturated heterocycles. The molecule has 0 fully saturated rings. The van der Waals surface area contributed by atoms with Crippen molar-refractivity contribution in [1.29, 1.82) is 0 Å². The normalized spacial score (nSPS) is 7.40. The topological polar surface area (TPSA) is 55.4 Å². The van der Waals surface area contributed by atoms with Crippen LogP contribution in [-0.2, 0) is 13.8 Å². The molecule has 0 aromatic heterocycles. The number of carbonyl (C=O) groups excluding carboxylic acids is 2. The molecular formula is C4H8ClNO3S. The van der Waals surface area contributed by atoms with Crippen LogP contribution in [0.25, 0.3) is 0 Å². The van der Waals surface area contributed by atoms with E-state index in [-0.39, 0.29) is 12.4 Å². The van der Waals surface area contributed by atoms with E-state index in [1.54, 1.807) is 6.26 Å². The molecule has 0 unspecified atom stereocenters. The molecule has 0 spiro atoms. The van der Waals surface area contributed by atoms with E-state index < -0.39 is 11.9 Å². The Morgan fingerprint density at radius 1 is 1.50 bits per heavy atom. The van der Waals surface area contributed by atoms with Crippen molar-refractivity contribution in [3.63, 3.8) is 0 Å². The first-order chi connectivity index (χ1) is 4.22. The summed E-state index contributed by atoms with van der Waals surface area (Å²) in [6.45, 7) is 0. The predicted molar refractivity (Wildman–Crippen MR) is 40.9 cm³/mol. The maximum absolute atomic E-state index is 10.3. The Balaban J connectivity index is 0. The molecule has 0 aliphatic heterocycles. The first kappa shape index (κ1) is 12.3. The summed E-state index contributed by atoms with van der Waals surface area (Å²) in [5, 5.41) is 2.12. The monoisotopic (exact) mass is 185 g/mol. The van der Waals surface area contributed by atoms with Crippen LogP contribution < -0.4 is 5.32 Å². The fourth-order valence-corrected chi connectivity index (χ4v) is 0.443. The molecule has 60 valence electrons. The van der Waals surface area contributed by atoms with Crippen LogP contribution in [0.4, 0.5) is 0 Å². The molecule has 0 rings (SSSR count). The van der Waals surface area contributed by atoms with E-state index in [1.165, 1.54) is 7.05 Å². The van der Waals surface area contributed by atoms with Gasteiger partial charge in [-0.1, -0.05) is 0 Å². The standard InChI is InChI=1S/C4H7NO3S.ClH/c1-5-3(6)4(7)8-9-2;/h1-2H3,(H,5,6);1H. The number of hydrogen-bond acceptors (Lipinski definition) is 4. The fraction of sp³-hybridized carbons (Fsp3) is 0.500. The van der Waals surface area contributed by atoms with Gasteiger partial charge in [0.25, 0.3) is 0 Å². The Bertz CT molecular complexity index is 130. The van der Waals surface area contributed by atoms with Crippen LogP contribution in [0.1, 0.15) is 0 Å². The van der Waals surface area contributed by atoms with Crippen molar-refractivity contribution in [3.05, 3.63) is 0 Å². The number of rotatable bonds is 1. The van der Waals surface area contributed by atoms with Crippen LogP contribution in [0.15, 0.2) is 0 Å². The van der Waals surface area contributed by atoms with E-state index in [1.807, 2.05) is 0 Å². The average Bonchev–Trinajstić information content (AvgIpc) is 1.87. The molecule has 0 radical (unpaired) electrons. The summed E-state index contributed by atoms with van der Waals surface area (Å²) in [4.78, 5) is 20.6. The van der Waals surface area contributed by atoms with Gasteiger partial charge in [0.2, 0.25) is 0 Å². The molecule has 10 heavy (non-hydrogen) atoms. The highest BCUT2D eigenvalue weighted by Gasteiger charge is 2.11. The van der Waals surface area contributed by atoms with Gasteiger partial charge in [0.15, 0.2) is 0 Å². The minimum Gasteiger partial charge on any atom is -0.384 e. The molecule has 0 bridgehead atoms. The Morgan fingerprint density at radius 3 is 2.30 bits per heavy atom. The van der Waals surface area contributed by atoms with Gasteiger partial charge in [-0.05, 0) is 0 Å². The van der Waals surface area contributed by atoms with E-state index in [4.69, 9.17) is 0 Å². The first-order valence-electron chi connectivity index (χ1n) is 2.19. The van der Waals surface area contributed by atoms with Crippen molar-refractivity contribution in [3.8, 4) is 0 Å². The van der Waals surface area contributed by atoms with Crippen molar-refractivity contribution in [1.82, 2.24) is 5.32 Å². The summed E-state index contributed by atoms with van der Waals surface area (Å²) >= 11 is 0.843. The van der Waals surface area contributed by atoms with Crippen LogP contribution in [0.5, 0.6) is 0 Å². The molecule has 0 aliphatic rings. The number of halogens is 1. The lowest BCUT2D eigenvalue weighted by Crippen LogP contribution is -2.27. The molecule has 0 aromatic carbocycles. The number of carbonyl (C=O) groups is 2. The minimum absolute atomic E-state index is 0. The highest BCUT2D eigenvalue weighted by Crippen LogP contribution is 1.93. The van der Waals surface area contributed by atoms with Crippen molar-refractivity contribution < 1.29 is 13.8 Å². The van der Waals surface area contributed by atoms with Crippen LogP contribution in [0.2, 0.25) is 0 Å². The molecule has 1 amide bonds. The maximum Gasteiger partial charge on any atom is 0.408 e. The lowest BCUT2D eigenvalue weighted by molar-refractivity contribution is -0.147. The van der Waals surface area contributed by atoms with Gasteiger partial charge in [-0.25, -0.2) is 4.79 Å². The zero-order valence-electron chi connectivity index (χ0n) is 5.54. The van der Waals surface area contributed by atoms with Gasteiger partial charge >= 0.3 is 11.9 Å². The van der Waals surface area contributed by atoms with Gasteiger partial charge in [0.1, 0.15) is 0 Å².